The Morgan fingerprint density at radius 1 is 0.966 bits per heavy atom. The molecule has 29 heavy (non-hydrogen) atoms. The Kier molecular flexibility index (Phi) is 5.31. The second-order valence-corrected chi connectivity index (χ2v) is 6.71. The van der Waals surface area contributed by atoms with E-state index in [-0.39, 0.29) is 18.2 Å². The molecule has 4 N–H and O–H groups in total. The summed E-state index contributed by atoms with van der Waals surface area (Å²) in [5, 5.41) is 0. The maximum Gasteiger partial charge on any atom is 0.337 e. The van der Waals surface area contributed by atoms with Gasteiger partial charge in [-0.2, -0.15) is 4.98 Å². The molecule has 9 heteroatoms. The van der Waals surface area contributed by atoms with Crippen molar-refractivity contribution >= 4 is 34.7 Å². The van der Waals surface area contributed by atoms with E-state index in [1.807, 2.05) is 0 Å². The average molecular weight is 395 g/mol. The summed E-state index contributed by atoms with van der Waals surface area (Å²) >= 11 is 0. The van der Waals surface area contributed by atoms with Gasteiger partial charge < -0.3 is 20.9 Å². The van der Waals surface area contributed by atoms with Gasteiger partial charge in [-0.15, -0.1) is 0 Å². The standard InChI is InChI=1S/C20H21N5O4/c1-20(18(27)29-3,12-6-4-11(5-7-12)17(26)28-2)10-13-8-9-14-15(23-13)16(21)25-19(22)24-14/h4-9H,10H2,1-3H3,(H4,21,22,24,25)/t20-/m1/s1. The number of carbonyl (C=O) groups is 2. The van der Waals surface area contributed by atoms with E-state index in [9.17, 15) is 9.59 Å². The number of rotatable bonds is 5. The Labute approximate surface area is 167 Å². The van der Waals surface area contributed by atoms with Crippen molar-refractivity contribution in [2.75, 3.05) is 25.7 Å². The molecule has 1 aromatic carbocycles. The van der Waals surface area contributed by atoms with Crippen molar-refractivity contribution in [1.29, 1.82) is 0 Å². The van der Waals surface area contributed by atoms with E-state index < -0.39 is 17.4 Å². The van der Waals surface area contributed by atoms with Crippen LogP contribution in [0.1, 0.15) is 28.5 Å². The fourth-order valence-electron chi connectivity index (χ4n) is 3.17. The van der Waals surface area contributed by atoms with Crippen LogP contribution < -0.4 is 11.5 Å². The first kappa shape index (κ1) is 20.0. The number of hydrogen-bond acceptors (Lipinski definition) is 9. The minimum absolute atomic E-state index is 0.0645. The highest BCUT2D eigenvalue weighted by Crippen LogP contribution is 2.30. The molecule has 3 rings (SSSR count). The quantitative estimate of drug-likeness (QED) is 0.616. The minimum atomic E-state index is -1.05. The second kappa shape index (κ2) is 7.70. The van der Waals surface area contributed by atoms with E-state index in [0.29, 0.717) is 27.9 Å². The summed E-state index contributed by atoms with van der Waals surface area (Å²) in [4.78, 5) is 36.9. The fraction of sp³-hybridized carbons (Fsp3) is 0.250. The molecule has 9 nitrogen and oxygen atoms in total. The minimum Gasteiger partial charge on any atom is -0.468 e. The normalized spacial score (nSPS) is 12.9. The highest BCUT2D eigenvalue weighted by atomic mass is 16.5. The largest absolute Gasteiger partial charge is 0.468 e. The molecule has 0 amide bonds. The number of carbonyl (C=O) groups excluding carboxylic acids is 2. The van der Waals surface area contributed by atoms with E-state index >= 15 is 0 Å². The summed E-state index contributed by atoms with van der Waals surface area (Å²) in [5.41, 5.74) is 13.1. The number of hydrogen-bond donors (Lipinski definition) is 2. The van der Waals surface area contributed by atoms with Crippen molar-refractivity contribution < 1.29 is 19.1 Å². The Hall–Kier alpha value is -3.75. The molecule has 1 atom stereocenters. The van der Waals surface area contributed by atoms with Gasteiger partial charge in [0, 0.05) is 12.1 Å². The van der Waals surface area contributed by atoms with Crippen LogP contribution in [0, 0.1) is 0 Å². The molecule has 2 aromatic heterocycles. The van der Waals surface area contributed by atoms with Crippen LogP contribution in [0.3, 0.4) is 0 Å². The molecule has 0 unspecified atom stereocenters. The van der Waals surface area contributed by atoms with E-state index in [2.05, 4.69) is 15.0 Å². The summed E-state index contributed by atoms with van der Waals surface area (Å²) in [6.45, 7) is 1.75. The number of pyridine rings is 1. The van der Waals surface area contributed by atoms with Gasteiger partial charge >= 0.3 is 11.9 Å². The third-order valence-electron chi connectivity index (χ3n) is 4.76. The first-order valence-electron chi connectivity index (χ1n) is 8.74. The molecule has 0 aliphatic heterocycles. The van der Waals surface area contributed by atoms with Crippen LogP contribution in [0.5, 0.6) is 0 Å². The van der Waals surface area contributed by atoms with Crippen molar-refractivity contribution in [2.45, 2.75) is 18.8 Å². The zero-order valence-electron chi connectivity index (χ0n) is 16.3. The smallest absolute Gasteiger partial charge is 0.337 e. The molecule has 3 aromatic rings. The Morgan fingerprint density at radius 3 is 2.28 bits per heavy atom. The highest BCUT2D eigenvalue weighted by Gasteiger charge is 2.37. The van der Waals surface area contributed by atoms with Crippen LogP contribution in [0.25, 0.3) is 11.0 Å². The first-order valence-corrected chi connectivity index (χ1v) is 8.74. The zero-order valence-corrected chi connectivity index (χ0v) is 16.3. The number of esters is 2. The maximum absolute atomic E-state index is 12.7. The van der Waals surface area contributed by atoms with Gasteiger partial charge in [-0.25, -0.2) is 14.8 Å². The number of ether oxygens (including phenoxy) is 2. The summed E-state index contributed by atoms with van der Waals surface area (Å²) in [6.07, 6.45) is 0.233. The number of nitrogens with zero attached hydrogens (tertiary/aromatic N) is 3. The van der Waals surface area contributed by atoms with Crippen LogP contribution in [-0.4, -0.2) is 41.1 Å². The van der Waals surface area contributed by atoms with E-state index in [1.54, 1.807) is 43.3 Å². The maximum atomic E-state index is 12.7. The Morgan fingerprint density at radius 2 is 1.66 bits per heavy atom. The molecule has 0 saturated carbocycles. The van der Waals surface area contributed by atoms with Gasteiger partial charge in [0.05, 0.1) is 30.7 Å². The lowest BCUT2D eigenvalue weighted by Gasteiger charge is -2.27. The molecule has 0 saturated heterocycles. The van der Waals surface area contributed by atoms with Gasteiger partial charge in [0.1, 0.15) is 5.52 Å². The fourth-order valence-corrected chi connectivity index (χ4v) is 3.17. The number of benzene rings is 1. The van der Waals surface area contributed by atoms with Crippen LogP contribution >= 0.6 is 0 Å². The molecular weight excluding hydrogens is 374 g/mol. The van der Waals surface area contributed by atoms with Gasteiger partial charge in [-0.05, 0) is 36.8 Å². The SMILES string of the molecule is COC(=O)c1ccc([C@@](C)(Cc2ccc3nc(N)nc(N)c3n2)C(=O)OC)cc1. The predicted molar refractivity (Wildman–Crippen MR) is 107 cm³/mol. The zero-order chi connectivity index (χ0) is 21.2. The Balaban J connectivity index is 2.02. The van der Waals surface area contributed by atoms with Crippen molar-refractivity contribution in [3.8, 4) is 0 Å². The van der Waals surface area contributed by atoms with Gasteiger partial charge in [0.15, 0.2) is 5.82 Å². The molecule has 0 spiro atoms. The van der Waals surface area contributed by atoms with Crippen molar-refractivity contribution in [3.05, 3.63) is 53.2 Å². The molecule has 0 aliphatic rings. The molecule has 0 radical (unpaired) electrons. The first-order chi connectivity index (χ1) is 13.8. The lowest BCUT2D eigenvalue weighted by Crippen LogP contribution is -2.36. The van der Waals surface area contributed by atoms with Crippen molar-refractivity contribution in [3.63, 3.8) is 0 Å². The molecular formula is C20H21N5O4. The molecule has 0 aliphatic carbocycles. The molecule has 2 heterocycles. The number of methoxy groups -OCH3 is 2. The molecule has 150 valence electrons. The Bertz CT molecular complexity index is 1080. The molecule has 0 fully saturated rings. The van der Waals surface area contributed by atoms with E-state index in [4.69, 9.17) is 20.9 Å². The predicted octanol–water partition coefficient (Wildman–Crippen LogP) is 1.65. The van der Waals surface area contributed by atoms with Gasteiger partial charge in [-0.3, -0.25) is 4.79 Å². The summed E-state index contributed by atoms with van der Waals surface area (Å²) in [5.74, 6) is -0.666. The average Bonchev–Trinajstić information content (AvgIpc) is 2.72. The number of fused-ring (bicyclic) bond motifs is 1. The summed E-state index contributed by atoms with van der Waals surface area (Å²) < 4.78 is 9.76. The van der Waals surface area contributed by atoms with Crippen LogP contribution in [-0.2, 0) is 26.1 Å². The summed E-state index contributed by atoms with van der Waals surface area (Å²) in [7, 11) is 2.63. The third-order valence-corrected chi connectivity index (χ3v) is 4.76. The van der Waals surface area contributed by atoms with Gasteiger partial charge in [-0.1, -0.05) is 12.1 Å². The number of nitrogen functional groups attached to an aromatic ring is 2. The monoisotopic (exact) mass is 395 g/mol. The van der Waals surface area contributed by atoms with E-state index in [1.165, 1.54) is 14.2 Å². The van der Waals surface area contributed by atoms with Crippen molar-refractivity contribution in [1.82, 2.24) is 15.0 Å². The van der Waals surface area contributed by atoms with Gasteiger partial charge in [0.25, 0.3) is 0 Å². The number of aromatic nitrogens is 3. The van der Waals surface area contributed by atoms with E-state index in [0.717, 1.165) is 0 Å². The van der Waals surface area contributed by atoms with Crippen LogP contribution in [0.15, 0.2) is 36.4 Å². The topological polar surface area (TPSA) is 143 Å². The van der Waals surface area contributed by atoms with Crippen LogP contribution in [0.2, 0.25) is 0 Å². The second-order valence-electron chi connectivity index (χ2n) is 6.71. The van der Waals surface area contributed by atoms with Crippen molar-refractivity contribution in [2.24, 2.45) is 0 Å². The number of anilines is 2. The highest BCUT2D eigenvalue weighted by molar-refractivity contribution is 5.90. The summed E-state index contributed by atoms with van der Waals surface area (Å²) in [6, 6.07) is 10.1. The molecule has 0 bridgehead atoms. The van der Waals surface area contributed by atoms with Crippen LogP contribution in [0.4, 0.5) is 11.8 Å². The van der Waals surface area contributed by atoms with Gasteiger partial charge in [0.2, 0.25) is 5.95 Å². The lowest BCUT2D eigenvalue weighted by atomic mass is 9.78. The number of nitrogens with two attached hydrogens (primary N) is 2. The third kappa shape index (κ3) is 3.79. The lowest BCUT2D eigenvalue weighted by molar-refractivity contribution is -0.147.